The van der Waals surface area contributed by atoms with Gasteiger partial charge >= 0.3 is 0 Å². The first-order chi connectivity index (χ1) is 10.2. The van der Waals surface area contributed by atoms with Crippen LogP contribution in [0.15, 0.2) is 24.3 Å². The fraction of sp³-hybridized carbons (Fsp3) is 0.588. The Morgan fingerprint density at radius 1 is 1.24 bits per heavy atom. The summed E-state index contributed by atoms with van der Waals surface area (Å²) in [5.74, 6) is -0.0492. The van der Waals surface area contributed by atoms with Crippen molar-refractivity contribution in [1.29, 1.82) is 0 Å². The van der Waals surface area contributed by atoms with Gasteiger partial charge in [-0.3, -0.25) is 9.69 Å². The van der Waals surface area contributed by atoms with Crippen LogP contribution in [0, 0.1) is 0 Å². The molecule has 1 aliphatic carbocycles. The maximum Gasteiger partial charge on any atom is 0.221 e. The molecule has 0 aromatic heterocycles. The van der Waals surface area contributed by atoms with E-state index >= 15 is 0 Å². The van der Waals surface area contributed by atoms with Gasteiger partial charge < -0.3 is 10.4 Å². The zero-order valence-corrected chi connectivity index (χ0v) is 12.8. The molecule has 4 nitrogen and oxygen atoms in total. The summed E-state index contributed by atoms with van der Waals surface area (Å²) in [5.41, 5.74) is 2.06. The highest BCUT2D eigenvalue weighted by Gasteiger charge is 2.20. The number of hydrogen-bond acceptors (Lipinski definition) is 3. The van der Waals surface area contributed by atoms with E-state index < -0.39 is 0 Å². The standard InChI is InChI=1S/C17H26N2O2/c1-14(21)18-16-9-7-15(8-10-16)13-19(11-12-20)17-5-3-2-4-6-17/h7-10,17,20H,2-6,11-13H2,1H3,(H,18,21). The number of rotatable bonds is 6. The van der Waals surface area contributed by atoms with Crippen molar-refractivity contribution in [3.8, 4) is 0 Å². The van der Waals surface area contributed by atoms with E-state index in [0.717, 1.165) is 18.8 Å². The maximum atomic E-state index is 11.0. The molecule has 116 valence electrons. The van der Waals surface area contributed by atoms with Crippen LogP contribution in [0.4, 0.5) is 5.69 Å². The molecule has 2 N–H and O–H groups in total. The van der Waals surface area contributed by atoms with E-state index in [4.69, 9.17) is 0 Å². The van der Waals surface area contributed by atoms with Gasteiger partial charge in [-0.25, -0.2) is 0 Å². The van der Waals surface area contributed by atoms with Crippen LogP contribution in [-0.4, -0.2) is 35.1 Å². The average Bonchev–Trinajstić information content (AvgIpc) is 2.49. The van der Waals surface area contributed by atoms with E-state index in [1.54, 1.807) is 0 Å². The second-order valence-corrected chi connectivity index (χ2v) is 5.86. The molecular formula is C17H26N2O2. The molecule has 1 aliphatic rings. The molecule has 0 saturated heterocycles. The van der Waals surface area contributed by atoms with Crippen molar-refractivity contribution in [1.82, 2.24) is 4.90 Å². The normalized spacial score (nSPS) is 16.1. The third-order valence-electron chi connectivity index (χ3n) is 4.14. The Morgan fingerprint density at radius 2 is 1.90 bits per heavy atom. The number of amides is 1. The first-order valence-corrected chi connectivity index (χ1v) is 7.90. The van der Waals surface area contributed by atoms with Crippen molar-refractivity contribution in [2.24, 2.45) is 0 Å². The lowest BCUT2D eigenvalue weighted by molar-refractivity contribution is -0.114. The van der Waals surface area contributed by atoms with E-state index in [-0.39, 0.29) is 12.5 Å². The van der Waals surface area contributed by atoms with Gasteiger partial charge in [0.2, 0.25) is 5.91 Å². The summed E-state index contributed by atoms with van der Waals surface area (Å²) in [4.78, 5) is 13.4. The van der Waals surface area contributed by atoms with Crippen LogP contribution in [0.25, 0.3) is 0 Å². The summed E-state index contributed by atoms with van der Waals surface area (Å²) in [5, 5.41) is 12.1. The summed E-state index contributed by atoms with van der Waals surface area (Å²) >= 11 is 0. The number of carbonyl (C=O) groups is 1. The highest BCUT2D eigenvalue weighted by atomic mass is 16.3. The van der Waals surface area contributed by atoms with E-state index in [9.17, 15) is 9.90 Å². The SMILES string of the molecule is CC(=O)Nc1ccc(CN(CCO)C2CCCCC2)cc1. The number of aliphatic hydroxyl groups excluding tert-OH is 1. The Balaban J connectivity index is 1.97. The number of hydrogen-bond donors (Lipinski definition) is 2. The highest BCUT2D eigenvalue weighted by molar-refractivity contribution is 5.88. The highest BCUT2D eigenvalue weighted by Crippen LogP contribution is 2.24. The van der Waals surface area contributed by atoms with Crippen molar-refractivity contribution < 1.29 is 9.90 Å². The molecule has 0 spiro atoms. The molecule has 0 unspecified atom stereocenters. The fourth-order valence-corrected chi connectivity index (χ4v) is 3.10. The molecule has 0 atom stereocenters. The van der Waals surface area contributed by atoms with Gasteiger partial charge in [0.25, 0.3) is 0 Å². The predicted octanol–water partition coefficient (Wildman–Crippen LogP) is 2.77. The maximum absolute atomic E-state index is 11.0. The number of benzene rings is 1. The van der Waals surface area contributed by atoms with Gasteiger partial charge in [-0.15, -0.1) is 0 Å². The second-order valence-electron chi connectivity index (χ2n) is 5.86. The minimum atomic E-state index is -0.0492. The van der Waals surface area contributed by atoms with Crippen LogP contribution < -0.4 is 5.32 Å². The number of aliphatic hydroxyl groups is 1. The molecular weight excluding hydrogens is 264 g/mol. The van der Waals surface area contributed by atoms with Crippen LogP contribution in [0.5, 0.6) is 0 Å². The molecule has 1 fully saturated rings. The topological polar surface area (TPSA) is 52.6 Å². The number of nitrogens with one attached hydrogen (secondary N) is 1. The van der Waals surface area contributed by atoms with Gasteiger partial charge in [-0.2, -0.15) is 0 Å². The first kappa shape index (κ1) is 16.0. The molecule has 2 rings (SSSR count). The van der Waals surface area contributed by atoms with E-state index in [2.05, 4.69) is 22.3 Å². The summed E-state index contributed by atoms with van der Waals surface area (Å²) in [7, 11) is 0. The minimum absolute atomic E-state index is 0.0492. The van der Waals surface area contributed by atoms with Crippen molar-refractivity contribution in [3.05, 3.63) is 29.8 Å². The number of carbonyl (C=O) groups excluding carboxylic acids is 1. The van der Waals surface area contributed by atoms with Crippen LogP contribution in [0.3, 0.4) is 0 Å². The molecule has 0 heterocycles. The molecule has 4 heteroatoms. The Kier molecular flexibility index (Phi) is 6.21. The third-order valence-corrected chi connectivity index (χ3v) is 4.14. The van der Waals surface area contributed by atoms with Crippen LogP contribution in [-0.2, 0) is 11.3 Å². The average molecular weight is 290 g/mol. The number of nitrogens with zero attached hydrogens (tertiary/aromatic N) is 1. The lowest BCUT2D eigenvalue weighted by Gasteiger charge is -2.34. The largest absolute Gasteiger partial charge is 0.395 e. The summed E-state index contributed by atoms with van der Waals surface area (Å²) in [6.45, 7) is 3.32. The summed E-state index contributed by atoms with van der Waals surface area (Å²) < 4.78 is 0. The quantitative estimate of drug-likeness (QED) is 0.847. The Hall–Kier alpha value is -1.39. The minimum Gasteiger partial charge on any atom is -0.395 e. The Labute approximate surface area is 127 Å². The summed E-state index contributed by atoms with van der Waals surface area (Å²) in [6, 6.07) is 8.58. The predicted molar refractivity (Wildman–Crippen MR) is 85.1 cm³/mol. The molecule has 0 bridgehead atoms. The molecule has 1 amide bonds. The molecule has 1 aromatic carbocycles. The van der Waals surface area contributed by atoms with Crippen molar-refractivity contribution in [2.45, 2.75) is 51.6 Å². The van der Waals surface area contributed by atoms with Gasteiger partial charge in [0.05, 0.1) is 6.61 Å². The monoisotopic (exact) mass is 290 g/mol. The molecule has 1 saturated carbocycles. The van der Waals surface area contributed by atoms with E-state index in [1.807, 2.05) is 12.1 Å². The van der Waals surface area contributed by atoms with Gasteiger partial charge in [0, 0.05) is 31.7 Å². The second kappa shape index (κ2) is 8.15. The zero-order valence-electron chi connectivity index (χ0n) is 12.8. The van der Waals surface area contributed by atoms with Crippen molar-refractivity contribution in [3.63, 3.8) is 0 Å². The molecule has 21 heavy (non-hydrogen) atoms. The third kappa shape index (κ3) is 5.14. The van der Waals surface area contributed by atoms with Crippen LogP contribution >= 0.6 is 0 Å². The van der Waals surface area contributed by atoms with Crippen LogP contribution in [0.1, 0.15) is 44.6 Å². The zero-order chi connectivity index (χ0) is 15.1. The molecule has 0 radical (unpaired) electrons. The fourth-order valence-electron chi connectivity index (χ4n) is 3.10. The summed E-state index contributed by atoms with van der Waals surface area (Å²) in [6.07, 6.45) is 6.42. The van der Waals surface area contributed by atoms with E-state index in [1.165, 1.54) is 44.6 Å². The van der Waals surface area contributed by atoms with Crippen molar-refractivity contribution >= 4 is 11.6 Å². The molecule has 0 aliphatic heterocycles. The van der Waals surface area contributed by atoms with Crippen LogP contribution in [0.2, 0.25) is 0 Å². The lowest BCUT2D eigenvalue weighted by Crippen LogP contribution is -2.38. The van der Waals surface area contributed by atoms with Crippen molar-refractivity contribution in [2.75, 3.05) is 18.5 Å². The first-order valence-electron chi connectivity index (χ1n) is 7.90. The Morgan fingerprint density at radius 3 is 2.48 bits per heavy atom. The van der Waals surface area contributed by atoms with Gasteiger partial charge in [-0.05, 0) is 30.5 Å². The van der Waals surface area contributed by atoms with Gasteiger partial charge in [-0.1, -0.05) is 31.4 Å². The van der Waals surface area contributed by atoms with Gasteiger partial charge in [0.1, 0.15) is 0 Å². The van der Waals surface area contributed by atoms with E-state index in [0.29, 0.717) is 6.04 Å². The number of anilines is 1. The lowest BCUT2D eigenvalue weighted by atomic mass is 9.94. The molecule has 1 aromatic rings. The smallest absolute Gasteiger partial charge is 0.221 e. The van der Waals surface area contributed by atoms with Gasteiger partial charge in [0.15, 0.2) is 0 Å². The Bertz CT molecular complexity index is 439.